The molecule has 0 unspecified atom stereocenters. The predicted molar refractivity (Wildman–Crippen MR) is 78.0 cm³/mol. The molecule has 0 aliphatic heterocycles. The highest BCUT2D eigenvalue weighted by atomic mass is 16.5. The maximum Gasteiger partial charge on any atom is 0.125 e. The Labute approximate surface area is 115 Å². The van der Waals surface area contributed by atoms with Crippen LogP contribution in [0.5, 0.6) is 11.5 Å². The van der Waals surface area contributed by atoms with Gasteiger partial charge in [-0.15, -0.1) is 6.58 Å². The number of ether oxygens (including phenoxy) is 1. The number of hydrogen-bond donors (Lipinski definition) is 2. The van der Waals surface area contributed by atoms with Crippen LogP contribution in [0.2, 0.25) is 0 Å². The Balaban J connectivity index is 3.21. The second kappa shape index (κ2) is 5.66. The van der Waals surface area contributed by atoms with E-state index in [1.54, 1.807) is 14.0 Å². The van der Waals surface area contributed by atoms with Gasteiger partial charge in [-0.2, -0.15) is 0 Å². The normalized spacial score (nSPS) is 14.0. The maximum absolute atomic E-state index is 10.3. The summed E-state index contributed by atoms with van der Waals surface area (Å²) in [4.78, 5) is 0. The summed E-state index contributed by atoms with van der Waals surface area (Å²) in [5.41, 5.74) is 2.63. The molecule has 0 heterocycles. The Morgan fingerprint density at radius 1 is 1.21 bits per heavy atom. The van der Waals surface area contributed by atoms with E-state index in [1.165, 1.54) is 6.08 Å². The molecule has 3 nitrogen and oxygen atoms in total. The number of rotatable bonds is 5. The molecule has 1 rings (SSSR count). The van der Waals surface area contributed by atoms with Gasteiger partial charge < -0.3 is 14.9 Å². The summed E-state index contributed by atoms with van der Waals surface area (Å²) in [6, 6.07) is 0. The minimum Gasteiger partial charge on any atom is -0.507 e. The standard InChI is InChI=1S/C16H24O3/c1-7-16(5,18)9-8-13-12(4)15(19-6)11(3)10(2)14(13)17/h7,17-18H,1,8-9H2,2-6H3/t16-/m1/s1. The smallest absolute Gasteiger partial charge is 0.125 e. The summed E-state index contributed by atoms with van der Waals surface area (Å²) in [6.45, 7) is 11.1. The predicted octanol–water partition coefficient (Wildman–Crippen LogP) is 3.20. The average molecular weight is 264 g/mol. The third-order valence-corrected chi connectivity index (χ3v) is 3.86. The zero-order valence-corrected chi connectivity index (χ0v) is 12.5. The molecule has 106 valence electrons. The van der Waals surface area contributed by atoms with Crippen molar-refractivity contribution in [2.45, 2.75) is 46.1 Å². The Kier molecular flexibility index (Phi) is 4.64. The quantitative estimate of drug-likeness (QED) is 0.803. The lowest BCUT2D eigenvalue weighted by molar-refractivity contribution is 0.102. The van der Waals surface area contributed by atoms with Gasteiger partial charge in [0.25, 0.3) is 0 Å². The first-order valence-corrected chi connectivity index (χ1v) is 6.46. The number of hydrogen-bond acceptors (Lipinski definition) is 3. The number of phenolic OH excluding ortho intramolecular Hbond substituents is 1. The van der Waals surface area contributed by atoms with Gasteiger partial charge in [-0.05, 0) is 57.2 Å². The van der Waals surface area contributed by atoms with Crippen LogP contribution in [0.25, 0.3) is 0 Å². The molecule has 0 radical (unpaired) electrons. The van der Waals surface area contributed by atoms with Crippen LogP contribution in [0.4, 0.5) is 0 Å². The molecule has 0 fully saturated rings. The van der Waals surface area contributed by atoms with Crippen molar-refractivity contribution in [3.8, 4) is 11.5 Å². The lowest BCUT2D eigenvalue weighted by Crippen LogP contribution is -2.21. The molecule has 1 aromatic carbocycles. The fourth-order valence-corrected chi connectivity index (χ4v) is 2.26. The van der Waals surface area contributed by atoms with Crippen LogP contribution in [0, 0.1) is 20.8 Å². The Hall–Kier alpha value is -1.48. The van der Waals surface area contributed by atoms with Crippen molar-refractivity contribution < 1.29 is 14.9 Å². The second-order valence-corrected chi connectivity index (χ2v) is 5.30. The van der Waals surface area contributed by atoms with Gasteiger partial charge in [-0.1, -0.05) is 6.08 Å². The highest BCUT2D eigenvalue weighted by molar-refractivity contribution is 5.57. The second-order valence-electron chi connectivity index (χ2n) is 5.30. The van der Waals surface area contributed by atoms with Crippen LogP contribution >= 0.6 is 0 Å². The van der Waals surface area contributed by atoms with Gasteiger partial charge in [-0.3, -0.25) is 0 Å². The maximum atomic E-state index is 10.3. The van der Waals surface area contributed by atoms with Crippen LogP contribution in [0.1, 0.15) is 35.6 Å². The van der Waals surface area contributed by atoms with Crippen molar-refractivity contribution >= 4 is 0 Å². The lowest BCUT2D eigenvalue weighted by Gasteiger charge is -2.22. The number of aliphatic hydroxyl groups is 1. The highest BCUT2D eigenvalue weighted by Gasteiger charge is 2.21. The number of benzene rings is 1. The van der Waals surface area contributed by atoms with Crippen LogP contribution in [0.3, 0.4) is 0 Å². The van der Waals surface area contributed by atoms with Gasteiger partial charge >= 0.3 is 0 Å². The molecule has 0 saturated heterocycles. The van der Waals surface area contributed by atoms with Gasteiger partial charge in [0.2, 0.25) is 0 Å². The molecule has 0 bridgehead atoms. The van der Waals surface area contributed by atoms with Crippen molar-refractivity contribution in [3.63, 3.8) is 0 Å². The lowest BCUT2D eigenvalue weighted by atomic mass is 9.90. The first kappa shape index (κ1) is 15.6. The van der Waals surface area contributed by atoms with Crippen LogP contribution in [-0.4, -0.2) is 22.9 Å². The summed E-state index contributed by atoms with van der Waals surface area (Å²) < 4.78 is 5.42. The number of aromatic hydroxyl groups is 1. The summed E-state index contributed by atoms with van der Waals surface area (Å²) in [5, 5.41) is 20.3. The first-order valence-electron chi connectivity index (χ1n) is 6.46. The molecular weight excluding hydrogens is 240 g/mol. The molecule has 1 atom stereocenters. The van der Waals surface area contributed by atoms with E-state index in [2.05, 4.69) is 6.58 Å². The first-order chi connectivity index (χ1) is 8.75. The van der Waals surface area contributed by atoms with Gasteiger partial charge in [0.1, 0.15) is 11.5 Å². The molecular formula is C16H24O3. The SMILES string of the molecule is C=C[C@@](C)(O)CCc1c(C)c(OC)c(C)c(C)c1O. The third-order valence-electron chi connectivity index (χ3n) is 3.86. The Morgan fingerprint density at radius 3 is 2.26 bits per heavy atom. The third kappa shape index (κ3) is 3.10. The van der Waals surface area contributed by atoms with Crippen molar-refractivity contribution in [2.24, 2.45) is 0 Å². The summed E-state index contributed by atoms with van der Waals surface area (Å²) in [5.74, 6) is 1.11. The summed E-state index contributed by atoms with van der Waals surface area (Å²) in [7, 11) is 1.63. The van der Waals surface area contributed by atoms with E-state index in [-0.39, 0.29) is 0 Å². The van der Waals surface area contributed by atoms with E-state index in [1.807, 2.05) is 20.8 Å². The van der Waals surface area contributed by atoms with Crippen LogP contribution in [-0.2, 0) is 6.42 Å². The topological polar surface area (TPSA) is 49.7 Å². The van der Waals surface area contributed by atoms with Gasteiger partial charge in [0.15, 0.2) is 0 Å². The van der Waals surface area contributed by atoms with Gasteiger partial charge in [0, 0.05) is 5.56 Å². The number of methoxy groups -OCH3 is 1. The highest BCUT2D eigenvalue weighted by Crippen LogP contribution is 2.38. The van der Waals surface area contributed by atoms with Crippen LogP contribution in [0.15, 0.2) is 12.7 Å². The van der Waals surface area contributed by atoms with E-state index >= 15 is 0 Å². The largest absolute Gasteiger partial charge is 0.507 e. The minimum atomic E-state index is -0.926. The average Bonchev–Trinajstić information content (AvgIpc) is 2.37. The van der Waals surface area contributed by atoms with Crippen molar-refractivity contribution in [1.29, 1.82) is 0 Å². The van der Waals surface area contributed by atoms with E-state index < -0.39 is 5.60 Å². The molecule has 1 aromatic rings. The fourth-order valence-electron chi connectivity index (χ4n) is 2.26. The number of phenols is 1. The monoisotopic (exact) mass is 264 g/mol. The molecule has 0 aliphatic carbocycles. The molecule has 0 aromatic heterocycles. The molecule has 19 heavy (non-hydrogen) atoms. The van der Waals surface area contributed by atoms with E-state index in [0.717, 1.165) is 28.0 Å². The molecule has 3 heteroatoms. The summed E-state index contributed by atoms with van der Waals surface area (Å²) >= 11 is 0. The van der Waals surface area contributed by atoms with Crippen molar-refractivity contribution in [1.82, 2.24) is 0 Å². The van der Waals surface area contributed by atoms with E-state index in [4.69, 9.17) is 4.74 Å². The molecule has 0 amide bonds. The van der Waals surface area contributed by atoms with Gasteiger partial charge in [-0.25, -0.2) is 0 Å². The van der Waals surface area contributed by atoms with Crippen molar-refractivity contribution in [2.75, 3.05) is 7.11 Å². The van der Waals surface area contributed by atoms with Crippen LogP contribution < -0.4 is 4.74 Å². The fraction of sp³-hybridized carbons (Fsp3) is 0.500. The molecule has 0 spiro atoms. The summed E-state index contributed by atoms with van der Waals surface area (Å²) in [6.07, 6.45) is 2.61. The van der Waals surface area contributed by atoms with E-state index in [0.29, 0.717) is 18.6 Å². The van der Waals surface area contributed by atoms with E-state index in [9.17, 15) is 10.2 Å². The van der Waals surface area contributed by atoms with Crippen molar-refractivity contribution in [3.05, 3.63) is 34.9 Å². The molecule has 0 aliphatic rings. The van der Waals surface area contributed by atoms with Gasteiger partial charge in [0.05, 0.1) is 12.7 Å². The minimum absolute atomic E-state index is 0.302. The molecule has 0 saturated carbocycles. The molecule has 2 N–H and O–H groups in total. The Bertz CT molecular complexity index is 488. The Morgan fingerprint density at radius 2 is 1.79 bits per heavy atom. The zero-order chi connectivity index (χ0) is 14.8. The zero-order valence-electron chi connectivity index (χ0n) is 12.5.